The molecule has 27 heavy (non-hydrogen) atoms. The van der Waals surface area contributed by atoms with Gasteiger partial charge in [-0.1, -0.05) is 6.92 Å². The molecule has 0 aromatic carbocycles. The molecule has 2 amide bonds. The van der Waals surface area contributed by atoms with Crippen LogP contribution in [0.25, 0.3) is 0 Å². The summed E-state index contributed by atoms with van der Waals surface area (Å²) in [6.45, 7) is 5.68. The van der Waals surface area contributed by atoms with Crippen LogP contribution in [-0.4, -0.2) is 67.0 Å². The maximum Gasteiger partial charge on any atom is 0.315 e. The van der Waals surface area contributed by atoms with Gasteiger partial charge in [0.15, 0.2) is 5.78 Å². The minimum Gasteiger partial charge on any atom is -0.356 e. The van der Waals surface area contributed by atoms with Crippen LogP contribution in [0, 0.1) is 0 Å². The van der Waals surface area contributed by atoms with Crippen molar-refractivity contribution >= 4 is 17.6 Å². The van der Waals surface area contributed by atoms with Crippen molar-refractivity contribution in [3.05, 3.63) is 23.9 Å². The molecule has 0 spiro atoms. The van der Waals surface area contributed by atoms with Gasteiger partial charge >= 0.3 is 6.03 Å². The molecule has 7 nitrogen and oxygen atoms in total. The predicted octanol–water partition coefficient (Wildman–Crippen LogP) is 2.04. The van der Waals surface area contributed by atoms with Gasteiger partial charge in [-0.15, -0.1) is 0 Å². The summed E-state index contributed by atoms with van der Waals surface area (Å²) in [6, 6.07) is 4.21. The fourth-order valence-corrected chi connectivity index (χ4v) is 3.83. The number of piperidine rings is 1. The molecular weight excluding hydrogens is 342 g/mol. The SMILES string of the molecule is CCCC(=O)c1ccc(N2CCC(NC(=O)NC3CCN(C)C3)CC2)nc1. The number of carbonyl (C=O) groups is 2. The van der Waals surface area contributed by atoms with Gasteiger partial charge < -0.3 is 20.4 Å². The van der Waals surface area contributed by atoms with Crippen molar-refractivity contribution in [3.63, 3.8) is 0 Å². The number of urea groups is 1. The van der Waals surface area contributed by atoms with Crippen LogP contribution < -0.4 is 15.5 Å². The van der Waals surface area contributed by atoms with Crippen LogP contribution in [0.3, 0.4) is 0 Å². The minimum absolute atomic E-state index is 0.0503. The molecule has 2 aliphatic heterocycles. The van der Waals surface area contributed by atoms with Crippen molar-refractivity contribution in [2.24, 2.45) is 0 Å². The van der Waals surface area contributed by atoms with E-state index < -0.39 is 0 Å². The number of likely N-dealkylation sites (tertiary alicyclic amines) is 1. The number of likely N-dealkylation sites (N-methyl/N-ethyl adjacent to an activating group) is 1. The summed E-state index contributed by atoms with van der Waals surface area (Å²) in [5.74, 6) is 1.05. The van der Waals surface area contributed by atoms with Crippen LogP contribution in [0.2, 0.25) is 0 Å². The first-order chi connectivity index (χ1) is 13.0. The molecule has 0 bridgehead atoms. The number of aromatic nitrogens is 1. The topological polar surface area (TPSA) is 77.6 Å². The van der Waals surface area contributed by atoms with Gasteiger partial charge in [0.1, 0.15) is 5.82 Å². The van der Waals surface area contributed by atoms with Gasteiger partial charge in [-0.25, -0.2) is 9.78 Å². The van der Waals surface area contributed by atoms with Crippen LogP contribution in [0.5, 0.6) is 0 Å². The maximum absolute atomic E-state index is 12.2. The Morgan fingerprint density at radius 2 is 1.81 bits per heavy atom. The molecule has 0 radical (unpaired) electrons. The molecule has 0 aliphatic carbocycles. The first-order valence-electron chi connectivity index (χ1n) is 10.0. The summed E-state index contributed by atoms with van der Waals surface area (Å²) in [4.78, 5) is 33.0. The van der Waals surface area contributed by atoms with E-state index in [1.54, 1.807) is 6.20 Å². The number of ketones is 1. The number of amides is 2. The second-order valence-corrected chi connectivity index (χ2v) is 7.71. The molecule has 3 rings (SSSR count). The highest BCUT2D eigenvalue weighted by molar-refractivity contribution is 5.95. The lowest BCUT2D eigenvalue weighted by Crippen LogP contribution is -2.50. The van der Waals surface area contributed by atoms with E-state index in [1.807, 2.05) is 19.1 Å². The van der Waals surface area contributed by atoms with Crippen molar-refractivity contribution in [1.82, 2.24) is 20.5 Å². The zero-order chi connectivity index (χ0) is 19.2. The van der Waals surface area contributed by atoms with E-state index in [4.69, 9.17) is 0 Å². The number of carbonyl (C=O) groups excluding carboxylic acids is 2. The lowest BCUT2D eigenvalue weighted by atomic mass is 10.0. The van der Waals surface area contributed by atoms with E-state index in [2.05, 4.69) is 32.5 Å². The summed E-state index contributed by atoms with van der Waals surface area (Å²) < 4.78 is 0. The summed E-state index contributed by atoms with van der Waals surface area (Å²) in [6.07, 6.45) is 5.92. The third-order valence-corrected chi connectivity index (χ3v) is 5.43. The minimum atomic E-state index is -0.0503. The van der Waals surface area contributed by atoms with E-state index in [1.165, 1.54) is 0 Å². The van der Waals surface area contributed by atoms with Gasteiger partial charge in [0, 0.05) is 49.9 Å². The zero-order valence-corrected chi connectivity index (χ0v) is 16.4. The number of hydrogen-bond donors (Lipinski definition) is 2. The lowest BCUT2D eigenvalue weighted by Gasteiger charge is -2.33. The van der Waals surface area contributed by atoms with E-state index in [-0.39, 0.29) is 23.9 Å². The first-order valence-corrected chi connectivity index (χ1v) is 10.0. The highest BCUT2D eigenvalue weighted by Gasteiger charge is 2.24. The van der Waals surface area contributed by atoms with Gasteiger partial charge in [-0.05, 0) is 51.4 Å². The van der Waals surface area contributed by atoms with Crippen molar-refractivity contribution in [1.29, 1.82) is 0 Å². The standard InChI is InChI=1S/C20H31N5O2/c1-3-4-18(26)15-5-6-19(21-13-15)25-11-8-16(9-12-25)22-20(27)23-17-7-10-24(2)14-17/h5-6,13,16-17H,3-4,7-12,14H2,1-2H3,(H2,22,23,27). The van der Waals surface area contributed by atoms with E-state index >= 15 is 0 Å². The Balaban J connectivity index is 1.43. The molecule has 0 saturated carbocycles. The average molecular weight is 374 g/mol. The molecule has 2 saturated heterocycles. The quantitative estimate of drug-likeness (QED) is 0.746. The Kier molecular flexibility index (Phi) is 6.66. The number of nitrogens with zero attached hydrogens (tertiary/aromatic N) is 3. The van der Waals surface area contributed by atoms with Crippen LogP contribution in [0.15, 0.2) is 18.3 Å². The van der Waals surface area contributed by atoms with Crippen molar-refractivity contribution in [2.45, 2.75) is 51.1 Å². The van der Waals surface area contributed by atoms with Crippen LogP contribution in [0.1, 0.15) is 49.4 Å². The van der Waals surface area contributed by atoms with Gasteiger partial charge in [0.2, 0.25) is 0 Å². The molecule has 1 atom stereocenters. The molecule has 7 heteroatoms. The monoisotopic (exact) mass is 373 g/mol. The zero-order valence-electron chi connectivity index (χ0n) is 16.4. The Bertz CT molecular complexity index is 640. The smallest absolute Gasteiger partial charge is 0.315 e. The largest absolute Gasteiger partial charge is 0.356 e. The average Bonchev–Trinajstić information content (AvgIpc) is 3.07. The Morgan fingerprint density at radius 3 is 2.41 bits per heavy atom. The molecule has 1 aromatic rings. The number of hydrogen-bond acceptors (Lipinski definition) is 5. The highest BCUT2D eigenvalue weighted by Crippen LogP contribution is 2.19. The van der Waals surface area contributed by atoms with Gasteiger partial charge in [0.05, 0.1) is 0 Å². The van der Waals surface area contributed by atoms with Gasteiger partial charge in [0.25, 0.3) is 0 Å². The molecule has 3 heterocycles. The van der Waals surface area contributed by atoms with E-state index in [0.29, 0.717) is 12.0 Å². The van der Waals surface area contributed by atoms with Crippen molar-refractivity contribution < 1.29 is 9.59 Å². The Hall–Kier alpha value is -2.15. The van der Waals surface area contributed by atoms with E-state index in [9.17, 15) is 9.59 Å². The van der Waals surface area contributed by atoms with Crippen molar-refractivity contribution in [2.75, 3.05) is 38.1 Å². The first kappa shape index (κ1) is 19.6. The highest BCUT2D eigenvalue weighted by atomic mass is 16.2. The number of rotatable bonds is 6. The predicted molar refractivity (Wildman–Crippen MR) is 106 cm³/mol. The number of pyridine rings is 1. The third-order valence-electron chi connectivity index (χ3n) is 5.43. The Morgan fingerprint density at radius 1 is 1.11 bits per heavy atom. The summed E-state index contributed by atoms with van der Waals surface area (Å²) in [7, 11) is 2.08. The molecule has 148 valence electrons. The molecular formula is C20H31N5O2. The number of nitrogens with one attached hydrogen (secondary N) is 2. The summed E-state index contributed by atoms with van der Waals surface area (Å²) in [5, 5.41) is 6.19. The van der Waals surface area contributed by atoms with Crippen LogP contribution in [-0.2, 0) is 0 Å². The van der Waals surface area contributed by atoms with Crippen LogP contribution >= 0.6 is 0 Å². The molecule has 2 N–H and O–H groups in total. The molecule has 2 aliphatic rings. The van der Waals surface area contributed by atoms with Crippen molar-refractivity contribution in [3.8, 4) is 0 Å². The Labute approximate surface area is 161 Å². The number of Topliss-reactive ketones (excluding diaryl/α,β-unsaturated/α-hetero) is 1. The maximum atomic E-state index is 12.2. The summed E-state index contributed by atoms with van der Waals surface area (Å²) in [5.41, 5.74) is 0.686. The fraction of sp³-hybridized carbons (Fsp3) is 0.650. The lowest BCUT2D eigenvalue weighted by molar-refractivity contribution is 0.0981. The molecule has 1 aromatic heterocycles. The molecule has 2 fully saturated rings. The second-order valence-electron chi connectivity index (χ2n) is 7.71. The molecule has 1 unspecified atom stereocenters. The van der Waals surface area contributed by atoms with Gasteiger partial charge in [-0.3, -0.25) is 4.79 Å². The van der Waals surface area contributed by atoms with Gasteiger partial charge in [-0.2, -0.15) is 0 Å². The fourth-order valence-electron chi connectivity index (χ4n) is 3.83. The van der Waals surface area contributed by atoms with Crippen LogP contribution in [0.4, 0.5) is 10.6 Å². The normalized spacial score (nSPS) is 21.3. The number of anilines is 1. The third kappa shape index (κ3) is 5.42. The summed E-state index contributed by atoms with van der Waals surface area (Å²) >= 11 is 0. The second kappa shape index (κ2) is 9.17. The van der Waals surface area contributed by atoms with E-state index in [0.717, 1.165) is 57.7 Å².